The predicted molar refractivity (Wildman–Crippen MR) is 156 cm³/mol. The number of carboxylic acid groups (broad SMARTS) is 1. The molecule has 0 aromatic rings. The van der Waals surface area contributed by atoms with Crippen LogP contribution in [0.4, 0.5) is 0 Å². The van der Waals surface area contributed by atoms with Gasteiger partial charge in [-0.05, 0) is 131 Å². The van der Waals surface area contributed by atoms with Crippen molar-refractivity contribution in [3.05, 3.63) is 0 Å². The Morgan fingerprint density at radius 3 is 2.12 bits per heavy atom. The van der Waals surface area contributed by atoms with Crippen molar-refractivity contribution in [2.75, 3.05) is 0 Å². The molecule has 40 heavy (non-hydrogen) atoms. The quantitative estimate of drug-likeness (QED) is 0.346. The van der Waals surface area contributed by atoms with E-state index in [1.807, 2.05) is 6.92 Å². The van der Waals surface area contributed by atoms with Gasteiger partial charge in [0, 0.05) is 10.8 Å². The minimum Gasteiger partial charge on any atom is -0.481 e. The van der Waals surface area contributed by atoms with E-state index in [1.165, 1.54) is 32.1 Å². The number of ether oxygens (including phenoxy) is 1. The summed E-state index contributed by atoms with van der Waals surface area (Å²) >= 11 is 0. The van der Waals surface area contributed by atoms with Crippen molar-refractivity contribution in [2.45, 2.75) is 139 Å². The molecule has 10 atom stereocenters. The lowest BCUT2D eigenvalue weighted by molar-refractivity contribution is -0.239. The molecule has 5 heteroatoms. The summed E-state index contributed by atoms with van der Waals surface area (Å²) in [5.41, 5.74) is -0.710. The summed E-state index contributed by atoms with van der Waals surface area (Å²) in [5, 5.41) is 9.50. The Kier molecular flexibility index (Phi) is 7.00. The number of esters is 1. The molecule has 1 N–H and O–H groups in total. The molecule has 0 saturated heterocycles. The minimum absolute atomic E-state index is 0.0965. The number of rotatable bonds is 5. The number of hydrogen-bond acceptors (Lipinski definition) is 4. The van der Waals surface area contributed by atoms with Crippen LogP contribution in [-0.2, 0) is 19.1 Å². The van der Waals surface area contributed by atoms with Gasteiger partial charge in [0.15, 0.2) is 0 Å². The first-order valence-electron chi connectivity index (χ1n) is 16.3. The highest BCUT2D eigenvalue weighted by molar-refractivity contribution is 5.83. The van der Waals surface area contributed by atoms with Gasteiger partial charge < -0.3 is 9.84 Å². The monoisotopic (exact) mass is 556 g/mol. The molecule has 0 aromatic heterocycles. The largest absolute Gasteiger partial charge is 0.481 e. The van der Waals surface area contributed by atoms with Crippen LogP contribution >= 0.6 is 0 Å². The van der Waals surface area contributed by atoms with E-state index in [2.05, 4.69) is 41.5 Å². The van der Waals surface area contributed by atoms with Crippen LogP contribution in [0.1, 0.15) is 133 Å². The first-order chi connectivity index (χ1) is 18.4. The number of carbonyl (C=O) groups excluding carboxylic acids is 2. The van der Waals surface area contributed by atoms with E-state index in [0.717, 1.165) is 32.1 Å². The highest BCUT2D eigenvalue weighted by Gasteiger charge is 2.71. The van der Waals surface area contributed by atoms with Gasteiger partial charge in [-0.3, -0.25) is 14.4 Å². The number of fused-ring (bicyclic) bond motifs is 7. The molecule has 0 amide bonds. The zero-order valence-corrected chi connectivity index (χ0v) is 26.8. The average Bonchev–Trinajstić information content (AvgIpc) is 3.20. The molecule has 0 spiro atoms. The molecule has 226 valence electrons. The number of hydrogen-bond donors (Lipinski definition) is 1. The summed E-state index contributed by atoms with van der Waals surface area (Å²) in [4.78, 5) is 37.7. The van der Waals surface area contributed by atoms with E-state index in [4.69, 9.17) is 4.74 Å². The maximum Gasteiger partial charge on any atom is 0.309 e. The SMILES string of the molecule is CC(=O)[C@]12CC[C@@H](C)C1[C@@]1(C)CC[C@H]3C(CC[C@H]4C(C)(C)[C@@H](OC(=O)CC(C)(C)C(=O)O)CC[C@]34C)[C@]1(C)CC2. The number of ketones is 1. The molecule has 5 aliphatic rings. The molecule has 0 aliphatic heterocycles. The van der Waals surface area contributed by atoms with Crippen LogP contribution in [0.15, 0.2) is 0 Å². The third-order valence-electron chi connectivity index (χ3n) is 14.8. The predicted octanol–water partition coefficient (Wildman–Crippen LogP) is 8.09. The molecule has 5 rings (SSSR count). The Morgan fingerprint density at radius 2 is 1.50 bits per heavy atom. The number of carboxylic acids is 1. The standard InChI is InChI=1S/C35H56O5/c1-21-12-17-35(22(2)36)19-18-33(8)24-10-11-25-31(5,6)26(40-27(37)20-30(3,4)29(38)39)14-15-32(25,7)23(24)13-16-34(33,9)28(21)35/h21,23-26,28H,10-20H2,1-9H3,(H,38,39)/t21-,23+,24?,25+,26+,28?,32-,33+,34-,35-/m1/s1. The summed E-state index contributed by atoms with van der Waals surface area (Å²) in [6, 6.07) is 0. The summed E-state index contributed by atoms with van der Waals surface area (Å²) < 4.78 is 6.10. The minimum atomic E-state index is -1.12. The smallest absolute Gasteiger partial charge is 0.309 e. The third kappa shape index (κ3) is 3.94. The van der Waals surface area contributed by atoms with E-state index in [0.29, 0.717) is 35.4 Å². The van der Waals surface area contributed by atoms with Crippen molar-refractivity contribution in [3.63, 3.8) is 0 Å². The van der Waals surface area contributed by atoms with Gasteiger partial charge in [-0.2, -0.15) is 0 Å². The van der Waals surface area contributed by atoms with Gasteiger partial charge >= 0.3 is 11.9 Å². The third-order valence-corrected chi connectivity index (χ3v) is 14.8. The first-order valence-corrected chi connectivity index (χ1v) is 16.3. The second-order valence-electron chi connectivity index (χ2n) is 17.1. The van der Waals surface area contributed by atoms with Gasteiger partial charge in [0.25, 0.3) is 0 Å². The van der Waals surface area contributed by atoms with Gasteiger partial charge in [0.2, 0.25) is 0 Å². The van der Waals surface area contributed by atoms with Crippen LogP contribution in [0.5, 0.6) is 0 Å². The maximum atomic E-state index is 13.2. The Hall–Kier alpha value is -1.39. The molecule has 5 nitrogen and oxygen atoms in total. The van der Waals surface area contributed by atoms with E-state index >= 15 is 0 Å². The van der Waals surface area contributed by atoms with Gasteiger partial charge in [0.05, 0.1) is 11.8 Å². The van der Waals surface area contributed by atoms with Crippen LogP contribution in [0.25, 0.3) is 0 Å². The van der Waals surface area contributed by atoms with E-state index < -0.39 is 11.4 Å². The molecule has 5 fully saturated rings. The van der Waals surface area contributed by atoms with Gasteiger partial charge in [0.1, 0.15) is 11.9 Å². The lowest BCUT2D eigenvalue weighted by Gasteiger charge is -2.72. The summed E-state index contributed by atoms with van der Waals surface area (Å²) in [6.45, 7) is 19.8. The fourth-order valence-electron chi connectivity index (χ4n) is 12.4. The second-order valence-corrected chi connectivity index (χ2v) is 17.1. The summed E-state index contributed by atoms with van der Waals surface area (Å²) in [5.74, 6) is 2.03. The molecule has 0 aromatic carbocycles. The lowest BCUT2D eigenvalue weighted by Crippen LogP contribution is -2.66. The fraction of sp³-hybridized carbons (Fsp3) is 0.914. The number of Topliss-reactive ketones (excluding diaryl/α,β-unsaturated/α-hetero) is 1. The first kappa shape index (κ1) is 30.1. The van der Waals surface area contributed by atoms with Gasteiger partial charge in [-0.15, -0.1) is 0 Å². The summed E-state index contributed by atoms with van der Waals surface area (Å²) in [6.07, 6.45) is 11.0. The van der Waals surface area contributed by atoms with Gasteiger partial charge in [-0.25, -0.2) is 0 Å². The molecule has 0 bridgehead atoms. The normalized spacial score (nSPS) is 47.7. The van der Waals surface area contributed by atoms with Crippen molar-refractivity contribution in [1.29, 1.82) is 0 Å². The fourth-order valence-corrected chi connectivity index (χ4v) is 12.4. The van der Waals surface area contributed by atoms with Crippen molar-refractivity contribution in [3.8, 4) is 0 Å². The Balaban J connectivity index is 1.39. The van der Waals surface area contributed by atoms with E-state index in [-0.39, 0.29) is 45.6 Å². The van der Waals surface area contributed by atoms with Crippen LogP contribution in [0, 0.1) is 62.1 Å². The Morgan fingerprint density at radius 1 is 0.825 bits per heavy atom. The zero-order chi connectivity index (χ0) is 29.7. The Bertz CT molecular complexity index is 1080. The van der Waals surface area contributed by atoms with E-state index in [1.54, 1.807) is 13.8 Å². The zero-order valence-electron chi connectivity index (χ0n) is 26.8. The highest BCUT2D eigenvalue weighted by atomic mass is 16.5. The van der Waals surface area contributed by atoms with Gasteiger partial charge in [-0.1, -0.05) is 41.5 Å². The lowest BCUT2D eigenvalue weighted by atomic mass is 9.33. The van der Waals surface area contributed by atoms with Crippen molar-refractivity contribution < 1.29 is 24.2 Å². The maximum absolute atomic E-state index is 13.2. The second kappa shape index (κ2) is 9.30. The van der Waals surface area contributed by atoms with Crippen LogP contribution in [0.3, 0.4) is 0 Å². The highest BCUT2D eigenvalue weighted by Crippen LogP contribution is 2.77. The Labute approximate surface area is 243 Å². The molecular formula is C35H56O5. The molecule has 2 unspecified atom stereocenters. The molecule has 5 aliphatic carbocycles. The molecule has 0 heterocycles. The molecule has 5 saturated carbocycles. The summed E-state index contributed by atoms with van der Waals surface area (Å²) in [7, 11) is 0. The van der Waals surface area contributed by atoms with Crippen molar-refractivity contribution in [2.24, 2.45) is 62.1 Å². The average molecular weight is 557 g/mol. The van der Waals surface area contributed by atoms with E-state index in [9.17, 15) is 19.5 Å². The van der Waals surface area contributed by atoms with Crippen LogP contribution in [-0.4, -0.2) is 28.9 Å². The van der Waals surface area contributed by atoms with Crippen molar-refractivity contribution in [1.82, 2.24) is 0 Å². The molecule has 0 radical (unpaired) electrons. The number of carbonyl (C=O) groups is 3. The molecular weight excluding hydrogens is 500 g/mol. The topological polar surface area (TPSA) is 80.7 Å². The van der Waals surface area contributed by atoms with Crippen molar-refractivity contribution >= 4 is 17.7 Å². The van der Waals surface area contributed by atoms with Crippen LogP contribution < -0.4 is 0 Å². The van der Waals surface area contributed by atoms with Crippen LogP contribution in [0.2, 0.25) is 0 Å². The number of aliphatic carboxylic acids is 1.